The molecule has 0 spiro atoms. The van der Waals surface area contributed by atoms with Gasteiger partial charge in [-0.25, -0.2) is 4.98 Å². The maximum atomic E-state index is 4.61. The first kappa shape index (κ1) is 18.6. The van der Waals surface area contributed by atoms with E-state index in [4.69, 9.17) is 0 Å². The molecule has 0 saturated carbocycles. The standard InChI is InChI=1S/C13H24N4S.HI/c1-11-10-18-12(15-11)8-6-7-9-14-13(16(2)3)17(4)5;/h10H,6-9H2,1-5H3;1H. The second-order valence-electron chi connectivity index (χ2n) is 4.81. The van der Waals surface area contributed by atoms with E-state index in [1.807, 2.05) is 44.9 Å². The molecule has 19 heavy (non-hydrogen) atoms. The van der Waals surface area contributed by atoms with Gasteiger partial charge in [-0.2, -0.15) is 0 Å². The largest absolute Gasteiger partial charge is 0.349 e. The highest BCUT2D eigenvalue weighted by molar-refractivity contribution is 14.0. The van der Waals surface area contributed by atoms with Gasteiger partial charge >= 0.3 is 0 Å². The molecule has 4 nitrogen and oxygen atoms in total. The van der Waals surface area contributed by atoms with Crippen molar-refractivity contribution in [3.05, 3.63) is 16.1 Å². The highest BCUT2D eigenvalue weighted by atomic mass is 127. The summed E-state index contributed by atoms with van der Waals surface area (Å²) in [6.45, 7) is 2.93. The number of aryl methyl sites for hydroxylation is 2. The van der Waals surface area contributed by atoms with Crippen molar-refractivity contribution >= 4 is 41.3 Å². The molecule has 0 radical (unpaired) electrons. The minimum Gasteiger partial charge on any atom is -0.349 e. The Bertz CT molecular complexity index is 378. The number of hydrogen-bond acceptors (Lipinski definition) is 3. The number of nitrogens with zero attached hydrogens (tertiary/aromatic N) is 4. The summed E-state index contributed by atoms with van der Waals surface area (Å²) in [4.78, 5) is 13.2. The summed E-state index contributed by atoms with van der Waals surface area (Å²) in [7, 11) is 8.10. The van der Waals surface area contributed by atoms with Crippen LogP contribution in [-0.2, 0) is 6.42 Å². The van der Waals surface area contributed by atoms with E-state index in [0.29, 0.717) is 0 Å². The molecule has 0 aromatic carbocycles. The Balaban J connectivity index is 0.00000324. The van der Waals surface area contributed by atoms with E-state index in [2.05, 4.69) is 15.4 Å². The van der Waals surface area contributed by atoms with Gasteiger partial charge < -0.3 is 9.80 Å². The third kappa shape index (κ3) is 7.10. The molecule has 1 rings (SSSR count). The second-order valence-corrected chi connectivity index (χ2v) is 5.75. The van der Waals surface area contributed by atoms with Crippen molar-refractivity contribution in [2.75, 3.05) is 34.7 Å². The van der Waals surface area contributed by atoms with Crippen molar-refractivity contribution in [2.24, 2.45) is 4.99 Å². The van der Waals surface area contributed by atoms with Crippen LogP contribution in [0.5, 0.6) is 0 Å². The molecule has 0 bridgehead atoms. The first-order valence-electron chi connectivity index (χ1n) is 6.31. The molecule has 1 aromatic heterocycles. The molecule has 1 aromatic rings. The number of aromatic nitrogens is 1. The van der Waals surface area contributed by atoms with Crippen molar-refractivity contribution in [1.29, 1.82) is 0 Å². The van der Waals surface area contributed by atoms with Crippen molar-refractivity contribution in [3.63, 3.8) is 0 Å². The molecule has 110 valence electrons. The van der Waals surface area contributed by atoms with Crippen LogP contribution in [0.15, 0.2) is 10.4 Å². The van der Waals surface area contributed by atoms with E-state index in [9.17, 15) is 0 Å². The molecule has 0 aliphatic carbocycles. The predicted molar refractivity (Wildman–Crippen MR) is 94.9 cm³/mol. The Kier molecular flexibility index (Phi) is 9.34. The predicted octanol–water partition coefficient (Wildman–Crippen LogP) is 2.87. The van der Waals surface area contributed by atoms with E-state index in [0.717, 1.165) is 37.5 Å². The van der Waals surface area contributed by atoms with Gasteiger partial charge in [0, 0.05) is 45.8 Å². The zero-order valence-electron chi connectivity index (χ0n) is 12.5. The molecule has 0 aliphatic heterocycles. The van der Waals surface area contributed by atoms with Gasteiger partial charge in [0.2, 0.25) is 0 Å². The van der Waals surface area contributed by atoms with Gasteiger partial charge in [0.15, 0.2) is 5.96 Å². The Hall–Kier alpha value is -0.370. The number of thiazole rings is 1. The second kappa shape index (κ2) is 9.52. The monoisotopic (exact) mass is 396 g/mol. The molecule has 0 unspecified atom stereocenters. The molecule has 0 N–H and O–H groups in total. The van der Waals surface area contributed by atoms with Crippen LogP contribution in [0.1, 0.15) is 23.5 Å². The molecule has 0 fully saturated rings. The smallest absolute Gasteiger partial charge is 0.195 e. The summed E-state index contributed by atoms with van der Waals surface area (Å²) >= 11 is 1.76. The van der Waals surface area contributed by atoms with Crippen LogP contribution in [0, 0.1) is 6.92 Å². The van der Waals surface area contributed by atoms with Gasteiger partial charge in [-0.15, -0.1) is 35.3 Å². The number of halogens is 1. The lowest BCUT2D eigenvalue weighted by Gasteiger charge is -2.22. The summed E-state index contributed by atoms with van der Waals surface area (Å²) in [6, 6.07) is 0. The summed E-state index contributed by atoms with van der Waals surface area (Å²) in [5, 5.41) is 3.36. The summed E-state index contributed by atoms with van der Waals surface area (Å²) in [5.74, 6) is 1.03. The quantitative estimate of drug-likeness (QED) is 0.332. The fourth-order valence-electron chi connectivity index (χ4n) is 1.77. The maximum Gasteiger partial charge on any atom is 0.195 e. The number of rotatable bonds is 5. The van der Waals surface area contributed by atoms with Crippen LogP contribution in [0.3, 0.4) is 0 Å². The molecule has 0 amide bonds. The van der Waals surface area contributed by atoms with Crippen LogP contribution in [0.2, 0.25) is 0 Å². The Labute approximate surface area is 137 Å². The average molecular weight is 396 g/mol. The van der Waals surface area contributed by atoms with Gasteiger partial charge in [-0.05, 0) is 26.2 Å². The van der Waals surface area contributed by atoms with Crippen molar-refractivity contribution in [1.82, 2.24) is 14.8 Å². The van der Waals surface area contributed by atoms with Crippen LogP contribution >= 0.6 is 35.3 Å². The topological polar surface area (TPSA) is 31.7 Å². The van der Waals surface area contributed by atoms with Crippen molar-refractivity contribution in [2.45, 2.75) is 26.2 Å². The number of unbranched alkanes of at least 4 members (excludes halogenated alkanes) is 1. The number of guanidine groups is 1. The first-order valence-corrected chi connectivity index (χ1v) is 7.18. The summed E-state index contributed by atoms with van der Waals surface area (Å²) in [5.41, 5.74) is 1.13. The van der Waals surface area contributed by atoms with Gasteiger partial charge in [-0.3, -0.25) is 4.99 Å². The summed E-state index contributed by atoms with van der Waals surface area (Å²) < 4.78 is 0. The zero-order chi connectivity index (χ0) is 13.5. The van der Waals surface area contributed by atoms with Gasteiger partial charge in [0.25, 0.3) is 0 Å². The highest BCUT2D eigenvalue weighted by Gasteiger charge is 2.03. The van der Waals surface area contributed by atoms with Crippen molar-refractivity contribution in [3.8, 4) is 0 Å². The molecular formula is C13H25IN4S. The number of hydrogen-bond donors (Lipinski definition) is 0. The van der Waals surface area contributed by atoms with Crippen LogP contribution in [0.25, 0.3) is 0 Å². The zero-order valence-corrected chi connectivity index (χ0v) is 15.7. The van der Waals surface area contributed by atoms with Gasteiger partial charge in [0.05, 0.1) is 5.01 Å². The molecule has 6 heteroatoms. The van der Waals surface area contributed by atoms with E-state index in [1.54, 1.807) is 11.3 Å². The first-order chi connectivity index (χ1) is 8.50. The highest BCUT2D eigenvalue weighted by Crippen LogP contribution is 2.11. The van der Waals surface area contributed by atoms with Crippen LogP contribution in [-0.4, -0.2) is 55.5 Å². The van der Waals surface area contributed by atoms with E-state index < -0.39 is 0 Å². The lowest BCUT2D eigenvalue weighted by molar-refractivity contribution is 0.478. The fraction of sp³-hybridized carbons (Fsp3) is 0.692. The van der Waals surface area contributed by atoms with Gasteiger partial charge in [-0.1, -0.05) is 0 Å². The third-order valence-corrected chi connectivity index (χ3v) is 3.55. The summed E-state index contributed by atoms with van der Waals surface area (Å²) in [6.07, 6.45) is 3.35. The van der Waals surface area contributed by atoms with E-state index >= 15 is 0 Å². The van der Waals surface area contributed by atoms with Crippen LogP contribution < -0.4 is 0 Å². The maximum absolute atomic E-state index is 4.61. The SMILES string of the molecule is Cc1csc(CCCCN=C(N(C)C)N(C)C)n1.I. The molecule has 0 saturated heterocycles. The number of aliphatic imine (C=N–C) groups is 1. The van der Waals surface area contributed by atoms with E-state index in [1.165, 1.54) is 5.01 Å². The Morgan fingerprint density at radius 2 is 1.84 bits per heavy atom. The molecule has 0 atom stereocenters. The lowest BCUT2D eigenvalue weighted by atomic mass is 10.2. The Morgan fingerprint density at radius 3 is 2.32 bits per heavy atom. The minimum absolute atomic E-state index is 0. The lowest BCUT2D eigenvalue weighted by Crippen LogP contribution is -2.35. The van der Waals surface area contributed by atoms with Gasteiger partial charge in [0.1, 0.15) is 0 Å². The van der Waals surface area contributed by atoms with E-state index in [-0.39, 0.29) is 24.0 Å². The molecule has 1 heterocycles. The fourth-order valence-corrected chi connectivity index (χ4v) is 2.59. The normalized spacial score (nSPS) is 9.74. The average Bonchev–Trinajstić information content (AvgIpc) is 2.68. The molecule has 0 aliphatic rings. The third-order valence-electron chi connectivity index (χ3n) is 2.52. The van der Waals surface area contributed by atoms with Crippen molar-refractivity contribution < 1.29 is 0 Å². The van der Waals surface area contributed by atoms with Crippen LogP contribution in [0.4, 0.5) is 0 Å². The Morgan fingerprint density at radius 1 is 1.21 bits per heavy atom. The minimum atomic E-state index is 0. The molecular weight excluding hydrogens is 371 g/mol.